The summed E-state index contributed by atoms with van der Waals surface area (Å²) in [7, 11) is 1.95. The van der Waals surface area contributed by atoms with Crippen LogP contribution in [0.25, 0.3) is 0 Å². The van der Waals surface area contributed by atoms with Crippen molar-refractivity contribution in [1.29, 1.82) is 0 Å². The number of rotatable bonds is 7. The topological polar surface area (TPSA) is 77.8 Å². The van der Waals surface area contributed by atoms with E-state index in [0.717, 1.165) is 18.8 Å². The van der Waals surface area contributed by atoms with E-state index in [1.807, 2.05) is 31.7 Å². The van der Waals surface area contributed by atoms with Crippen molar-refractivity contribution in [2.75, 3.05) is 11.9 Å². The van der Waals surface area contributed by atoms with Gasteiger partial charge in [0.1, 0.15) is 11.6 Å². The molecule has 0 aliphatic carbocycles. The number of aromatic nitrogens is 5. The largest absolute Gasteiger partial charge is 0.461 e. The van der Waals surface area contributed by atoms with Gasteiger partial charge in [0.25, 0.3) is 0 Å². The highest BCUT2D eigenvalue weighted by atomic mass is 16.5. The zero-order valence-electron chi connectivity index (χ0n) is 13.0. The summed E-state index contributed by atoms with van der Waals surface area (Å²) in [5, 5.41) is 3.17. The van der Waals surface area contributed by atoms with Gasteiger partial charge in [-0.15, -0.1) is 0 Å². The van der Waals surface area contributed by atoms with E-state index in [1.165, 1.54) is 0 Å². The summed E-state index contributed by atoms with van der Waals surface area (Å²) in [6, 6.07) is 0.350. The molecule has 0 radical (unpaired) electrons. The molecule has 0 unspecified atom stereocenters. The Balaban J connectivity index is 2.23. The quantitative estimate of drug-likeness (QED) is 0.838. The van der Waals surface area contributed by atoms with Crippen LogP contribution in [-0.4, -0.2) is 37.2 Å². The van der Waals surface area contributed by atoms with Crippen LogP contribution in [0.1, 0.15) is 38.8 Å². The number of imidazole rings is 1. The number of hydrogen-bond acceptors (Lipinski definition) is 6. The van der Waals surface area contributed by atoms with Gasteiger partial charge in [0, 0.05) is 26.0 Å². The van der Waals surface area contributed by atoms with E-state index < -0.39 is 0 Å². The van der Waals surface area contributed by atoms with E-state index in [1.54, 1.807) is 6.20 Å². The van der Waals surface area contributed by atoms with Crippen LogP contribution < -0.4 is 10.1 Å². The average molecular weight is 290 g/mol. The summed E-state index contributed by atoms with van der Waals surface area (Å²) < 4.78 is 7.55. The van der Waals surface area contributed by atoms with Gasteiger partial charge < -0.3 is 14.6 Å². The molecule has 0 saturated heterocycles. The third kappa shape index (κ3) is 4.40. The minimum atomic E-state index is 0.0208. The van der Waals surface area contributed by atoms with Crippen LogP contribution in [-0.2, 0) is 13.5 Å². The molecule has 7 heteroatoms. The van der Waals surface area contributed by atoms with E-state index in [4.69, 9.17) is 4.74 Å². The Morgan fingerprint density at radius 1 is 1.29 bits per heavy atom. The van der Waals surface area contributed by atoms with Crippen LogP contribution in [0.4, 0.5) is 5.95 Å². The summed E-state index contributed by atoms with van der Waals surface area (Å²) in [6.07, 6.45) is 5.23. The molecule has 0 aliphatic rings. The van der Waals surface area contributed by atoms with E-state index in [2.05, 4.69) is 32.2 Å². The number of hydrogen-bond donors (Lipinski definition) is 1. The molecule has 0 aromatic carbocycles. The number of nitrogens with zero attached hydrogens (tertiary/aromatic N) is 5. The molecule has 2 aromatic rings. The van der Waals surface area contributed by atoms with Gasteiger partial charge in [-0.2, -0.15) is 15.0 Å². The first-order chi connectivity index (χ1) is 10.1. The van der Waals surface area contributed by atoms with Crippen LogP contribution >= 0.6 is 0 Å². The van der Waals surface area contributed by atoms with Crippen LogP contribution in [0.5, 0.6) is 6.01 Å². The number of anilines is 1. The van der Waals surface area contributed by atoms with Crippen molar-refractivity contribution in [3.63, 3.8) is 0 Å². The predicted molar refractivity (Wildman–Crippen MR) is 80.4 cm³/mol. The smallest absolute Gasteiger partial charge is 0.321 e. The molecule has 7 nitrogen and oxygen atoms in total. The Labute approximate surface area is 124 Å². The lowest BCUT2D eigenvalue weighted by molar-refractivity contribution is 0.221. The third-order valence-electron chi connectivity index (χ3n) is 2.77. The predicted octanol–water partition coefficient (Wildman–Crippen LogP) is 1.80. The highest BCUT2D eigenvalue weighted by molar-refractivity contribution is 5.26. The van der Waals surface area contributed by atoms with Crippen molar-refractivity contribution in [3.05, 3.63) is 24.0 Å². The second-order valence-electron chi connectivity index (χ2n) is 5.08. The molecule has 21 heavy (non-hydrogen) atoms. The number of nitrogens with one attached hydrogen (secondary N) is 1. The van der Waals surface area contributed by atoms with Gasteiger partial charge in [0.2, 0.25) is 5.95 Å². The van der Waals surface area contributed by atoms with Crippen molar-refractivity contribution < 1.29 is 4.74 Å². The van der Waals surface area contributed by atoms with Gasteiger partial charge in [0.15, 0.2) is 0 Å². The molecule has 0 aliphatic heterocycles. The lowest BCUT2D eigenvalue weighted by Crippen LogP contribution is -2.14. The van der Waals surface area contributed by atoms with E-state index in [-0.39, 0.29) is 6.10 Å². The van der Waals surface area contributed by atoms with Crippen LogP contribution in [0.2, 0.25) is 0 Å². The van der Waals surface area contributed by atoms with Crippen molar-refractivity contribution >= 4 is 5.95 Å². The van der Waals surface area contributed by atoms with Crippen molar-refractivity contribution in [3.8, 4) is 6.01 Å². The highest BCUT2D eigenvalue weighted by Crippen LogP contribution is 2.12. The first-order valence-electron chi connectivity index (χ1n) is 7.20. The average Bonchev–Trinajstić information content (AvgIpc) is 2.81. The van der Waals surface area contributed by atoms with Crippen LogP contribution in [0, 0.1) is 0 Å². The van der Waals surface area contributed by atoms with Crippen LogP contribution in [0.3, 0.4) is 0 Å². The summed E-state index contributed by atoms with van der Waals surface area (Å²) in [5.41, 5.74) is 0. The monoisotopic (exact) mass is 290 g/mol. The van der Waals surface area contributed by atoms with Gasteiger partial charge in [0.05, 0.1) is 12.5 Å². The highest BCUT2D eigenvalue weighted by Gasteiger charge is 2.11. The first kappa shape index (κ1) is 15.2. The lowest BCUT2D eigenvalue weighted by Gasteiger charge is -2.11. The molecule has 0 fully saturated rings. The summed E-state index contributed by atoms with van der Waals surface area (Å²) >= 11 is 0. The molecule has 0 amide bonds. The van der Waals surface area contributed by atoms with E-state index >= 15 is 0 Å². The van der Waals surface area contributed by atoms with E-state index in [0.29, 0.717) is 24.2 Å². The maximum Gasteiger partial charge on any atom is 0.321 e. The summed E-state index contributed by atoms with van der Waals surface area (Å²) in [5.74, 6) is 2.10. The normalized spacial score (nSPS) is 10.9. The molecule has 2 aromatic heterocycles. The molecule has 0 atom stereocenters. The minimum Gasteiger partial charge on any atom is -0.461 e. The SMILES string of the molecule is CCCNc1nc(Cc2nccn2C)nc(OC(C)C)n1. The Morgan fingerprint density at radius 2 is 2.10 bits per heavy atom. The maximum absolute atomic E-state index is 5.60. The van der Waals surface area contributed by atoms with Crippen molar-refractivity contribution in [2.24, 2.45) is 7.05 Å². The molecule has 2 heterocycles. The third-order valence-corrected chi connectivity index (χ3v) is 2.77. The van der Waals surface area contributed by atoms with E-state index in [9.17, 15) is 0 Å². The fourth-order valence-electron chi connectivity index (χ4n) is 1.76. The molecule has 0 bridgehead atoms. The molecule has 0 spiro atoms. The van der Waals surface area contributed by atoms with Gasteiger partial charge in [-0.25, -0.2) is 4.98 Å². The van der Waals surface area contributed by atoms with Crippen molar-refractivity contribution in [1.82, 2.24) is 24.5 Å². The molecule has 1 N–H and O–H groups in total. The molecular formula is C14H22N6O. The zero-order chi connectivity index (χ0) is 15.2. The molecule has 0 saturated carbocycles. The molecular weight excluding hydrogens is 268 g/mol. The Morgan fingerprint density at radius 3 is 2.71 bits per heavy atom. The standard InChI is InChI=1S/C14H22N6O/c1-5-6-16-13-17-11(9-12-15-7-8-20(12)4)18-14(19-13)21-10(2)3/h7-8,10H,5-6,9H2,1-4H3,(H,16,17,18,19). The summed E-state index contributed by atoms with van der Waals surface area (Å²) in [4.78, 5) is 17.4. The maximum atomic E-state index is 5.60. The second-order valence-corrected chi connectivity index (χ2v) is 5.08. The first-order valence-corrected chi connectivity index (χ1v) is 7.20. The van der Waals surface area contributed by atoms with Gasteiger partial charge in [-0.1, -0.05) is 6.92 Å². The minimum absolute atomic E-state index is 0.0208. The van der Waals surface area contributed by atoms with Gasteiger partial charge in [-0.05, 0) is 20.3 Å². The van der Waals surface area contributed by atoms with Crippen molar-refractivity contribution in [2.45, 2.75) is 39.7 Å². The Hall–Kier alpha value is -2.18. The lowest BCUT2D eigenvalue weighted by atomic mass is 10.4. The van der Waals surface area contributed by atoms with Crippen LogP contribution in [0.15, 0.2) is 12.4 Å². The van der Waals surface area contributed by atoms with Gasteiger partial charge >= 0.3 is 6.01 Å². The fraction of sp³-hybridized carbons (Fsp3) is 0.571. The number of aryl methyl sites for hydroxylation is 1. The molecule has 114 valence electrons. The zero-order valence-corrected chi connectivity index (χ0v) is 13.0. The molecule has 2 rings (SSSR count). The second kappa shape index (κ2) is 7.01. The Bertz CT molecular complexity index is 581. The Kier molecular flexibility index (Phi) is 5.08. The number of ether oxygens (including phenoxy) is 1. The van der Waals surface area contributed by atoms with Gasteiger partial charge in [-0.3, -0.25) is 0 Å². The summed E-state index contributed by atoms with van der Waals surface area (Å²) in [6.45, 7) is 6.80. The fourth-order valence-corrected chi connectivity index (χ4v) is 1.76.